The van der Waals surface area contributed by atoms with Crippen LogP contribution in [0.1, 0.15) is 16.7 Å². The lowest BCUT2D eigenvalue weighted by atomic mass is 10.0. The Hall–Kier alpha value is -1.84. The highest BCUT2D eigenvalue weighted by molar-refractivity contribution is 5.50. The zero-order valence-electron chi connectivity index (χ0n) is 8.97. The molecule has 1 rings (SSSR count). The molecule has 0 spiro atoms. The minimum Gasteiger partial charge on any atom is -0.326 e. The second-order valence-corrected chi connectivity index (χ2v) is 3.48. The van der Waals surface area contributed by atoms with Crippen LogP contribution >= 0.6 is 0 Å². The van der Waals surface area contributed by atoms with Crippen molar-refractivity contribution in [3.8, 4) is 0 Å². The van der Waals surface area contributed by atoms with Crippen molar-refractivity contribution in [2.24, 2.45) is 5.73 Å². The number of benzene rings is 1. The number of alkyl halides is 6. The van der Waals surface area contributed by atoms with Gasteiger partial charge in [-0.25, -0.2) is 0 Å². The van der Waals surface area contributed by atoms with Gasteiger partial charge < -0.3 is 5.73 Å². The first-order valence-corrected chi connectivity index (χ1v) is 4.64. The SMILES string of the molecule is NCc1c([N+](=O)[O-])cc(C(F)(F)F)cc1C(F)(F)F. The number of nitrogens with zero attached hydrogens (tertiary/aromatic N) is 1. The highest BCUT2D eigenvalue weighted by Gasteiger charge is 2.41. The molecule has 10 heteroatoms. The van der Waals surface area contributed by atoms with Crippen LogP contribution in [0.2, 0.25) is 0 Å². The van der Waals surface area contributed by atoms with Crippen molar-refractivity contribution in [1.82, 2.24) is 0 Å². The maximum atomic E-state index is 12.6. The maximum Gasteiger partial charge on any atom is 0.416 e. The second-order valence-electron chi connectivity index (χ2n) is 3.48. The van der Waals surface area contributed by atoms with Gasteiger partial charge in [-0.15, -0.1) is 0 Å². The summed E-state index contributed by atoms with van der Waals surface area (Å²) in [6.07, 6.45) is -10.3. The van der Waals surface area contributed by atoms with Crippen LogP contribution in [0.4, 0.5) is 32.0 Å². The fraction of sp³-hybridized carbons (Fsp3) is 0.333. The third-order valence-corrected chi connectivity index (χ3v) is 2.26. The fourth-order valence-corrected chi connectivity index (χ4v) is 1.45. The molecule has 0 saturated heterocycles. The average Bonchev–Trinajstić information content (AvgIpc) is 2.24. The van der Waals surface area contributed by atoms with Crippen LogP contribution in [0.3, 0.4) is 0 Å². The van der Waals surface area contributed by atoms with Crippen LogP contribution in [-0.2, 0) is 18.9 Å². The van der Waals surface area contributed by atoms with E-state index in [1.807, 2.05) is 0 Å². The van der Waals surface area contributed by atoms with Crippen molar-refractivity contribution in [3.05, 3.63) is 38.9 Å². The third kappa shape index (κ3) is 3.13. The molecule has 0 aliphatic heterocycles. The van der Waals surface area contributed by atoms with E-state index in [4.69, 9.17) is 5.73 Å². The minimum atomic E-state index is -5.17. The minimum absolute atomic E-state index is 0.0391. The molecule has 106 valence electrons. The first kappa shape index (κ1) is 15.2. The quantitative estimate of drug-likeness (QED) is 0.516. The van der Waals surface area contributed by atoms with Gasteiger partial charge in [-0.05, 0) is 6.07 Å². The molecule has 0 fully saturated rings. The summed E-state index contributed by atoms with van der Waals surface area (Å²) in [6.45, 7) is -0.900. The summed E-state index contributed by atoms with van der Waals surface area (Å²) in [5.41, 5.74) is -0.823. The fourth-order valence-electron chi connectivity index (χ4n) is 1.45. The summed E-state index contributed by atoms with van der Waals surface area (Å²) in [7, 11) is 0. The van der Waals surface area contributed by atoms with Gasteiger partial charge in [-0.1, -0.05) is 0 Å². The molecular weight excluding hydrogens is 282 g/mol. The molecule has 19 heavy (non-hydrogen) atoms. The Kier molecular flexibility index (Phi) is 3.75. The molecule has 0 heterocycles. The first-order valence-electron chi connectivity index (χ1n) is 4.64. The molecule has 1 aromatic carbocycles. The van der Waals surface area contributed by atoms with E-state index in [2.05, 4.69) is 0 Å². The molecule has 0 aliphatic rings. The summed E-state index contributed by atoms with van der Waals surface area (Å²) in [4.78, 5) is 9.23. The van der Waals surface area contributed by atoms with Crippen LogP contribution in [0.15, 0.2) is 12.1 Å². The molecule has 0 amide bonds. The molecule has 0 aromatic heterocycles. The Morgan fingerprint density at radius 3 is 1.95 bits per heavy atom. The normalized spacial score (nSPS) is 12.6. The maximum absolute atomic E-state index is 12.6. The van der Waals surface area contributed by atoms with Gasteiger partial charge in [0.1, 0.15) is 0 Å². The number of nitro groups is 1. The van der Waals surface area contributed by atoms with Crippen molar-refractivity contribution in [3.63, 3.8) is 0 Å². The van der Waals surface area contributed by atoms with Crippen LogP contribution in [0.25, 0.3) is 0 Å². The van der Waals surface area contributed by atoms with Gasteiger partial charge in [-0.3, -0.25) is 10.1 Å². The Morgan fingerprint density at radius 1 is 1.11 bits per heavy atom. The van der Waals surface area contributed by atoms with Crippen molar-refractivity contribution in [1.29, 1.82) is 0 Å². The van der Waals surface area contributed by atoms with Crippen molar-refractivity contribution >= 4 is 5.69 Å². The molecule has 2 N–H and O–H groups in total. The van der Waals surface area contributed by atoms with E-state index < -0.39 is 46.2 Å². The number of hydrogen-bond donors (Lipinski definition) is 1. The second kappa shape index (κ2) is 4.68. The van der Waals surface area contributed by atoms with Gasteiger partial charge in [0.25, 0.3) is 5.69 Å². The van der Waals surface area contributed by atoms with E-state index in [9.17, 15) is 36.5 Å². The van der Waals surface area contributed by atoms with Crippen LogP contribution in [0, 0.1) is 10.1 Å². The zero-order valence-corrected chi connectivity index (χ0v) is 8.97. The van der Waals surface area contributed by atoms with Gasteiger partial charge in [0.05, 0.1) is 21.6 Å². The molecule has 1 aromatic rings. The van der Waals surface area contributed by atoms with E-state index in [0.717, 1.165) is 0 Å². The zero-order chi connectivity index (χ0) is 15.0. The van der Waals surface area contributed by atoms with Crippen LogP contribution < -0.4 is 5.73 Å². The Morgan fingerprint density at radius 2 is 1.63 bits per heavy atom. The summed E-state index contributed by atoms with van der Waals surface area (Å²) in [5.74, 6) is 0. The first-order chi connectivity index (χ1) is 8.48. The predicted octanol–water partition coefficient (Wildman–Crippen LogP) is 3.09. The van der Waals surface area contributed by atoms with Gasteiger partial charge in [-0.2, -0.15) is 26.3 Å². The number of nitrogens with two attached hydrogens (primary N) is 1. The van der Waals surface area contributed by atoms with Crippen LogP contribution in [-0.4, -0.2) is 4.92 Å². The standard InChI is InChI=1S/C9H6F6N2O2/c10-8(11,12)4-1-6(9(13,14)15)5(3-16)7(2-4)17(18)19/h1-2H,3,16H2. The molecule has 0 aliphatic carbocycles. The molecule has 0 radical (unpaired) electrons. The van der Waals surface area contributed by atoms with Crippen LogP contribution in [0.5, 0.6) is 0 Å². The van der Waals surface area contributed by atoms with Crippen molar-refractivity contribution in [2.45, 2.75) is 18.9 Å². The molecule has 4 nitrogen and oxygen atoms in total. The van der Waals surface area contributed by atoms with Gasteiger partial charge in [0, 0.05) is 12.6 Å². The van der Waals surface area contributed by atoms with Gasteiger partial charge in [0.2, 0.25) is 0 Å². The Labute approximate surface area is 102 Å². The molecule has 0 atom stereocenters. The third-order valence-electron chi connectivity index (χ3n) is 2.26. The topological polar surface area (TPSA) is 69.2 Å². The van der Waals surface area contributed by atoms with E-state index in [1.165, 1.54) is 0 Å². The molecule has 0 bridgehead atoms. The number of hydrogen-bond acceptors (Lipinski definition) is 3. The lowest BCUT2D eigenvalue weighted by Crippen LogP contribution is -2.17. The lowest BCUT2D eigenvalue weighted by Gasteiger charge is -2.15. The van der Waals surface area contributed by atoms with E-state index in [0.29, 0.717) is 0 Å². The summed E-state index contributed by atoms with van der Waals surface area (Å²) < 4.78 is 75.0. The Balaban J connectivity index is 3.70. The Bertz CT molecular complexity index is 509. The van der Waals surface area contributed by atoms with Crippen molar-refractivity contribution in [2.75, 3.05) is 0 Å². The summed E-state index contributed by atoms with van der Waals surface area (Å²) in [6, 6.07) is -0.146. The number of rotatable bonds is 2. The highest BCUT2D eigenvalue weighted by atomic mass is 19.4. The average molecular weight is 288 g/mol. The number of halogens is 6. The highest BCUT2D eigenvalue weighted by Crippen LogP contribution is 2.40. The van der Waals surface area contributed by atoms with E-state index in [-0.39, 0.29) is 12.1 Å². The summed E-state index contributed by atoms with van der Waals surface area (Å²) in [5, 5.41) is 10.6. The predicted molar refractivity (Wildman–Crippen MR) is 51.0 cm³/mol. The monoisotopic (exact) mass is 288 g/mol. The number of nitro benzene ring substituents is 1. The van der Waals surface area contributed by atoms with Crippen molar-refractivity contribution < 1.29 is 31.3 Å². The van der Waals surface area contributed by atoms with E-state index in [1.54, 1.807) is 0 Å². The summed E-state index contributed by atoms with van der Waals surface area (Å²) >= 11 is 0. The molecule has 0 saturated carbocycles. The molecule has 0 unspecified atom stereocenters. The van der Waals surface area contributed by atoms with E-state index >= 15 is 0 Å². The largest absolute Gasteiger partial charge is 0.416 e. The van der Waals surface area contributed by atoms with Gasteiger partial charge in [0.15, 0.2) is 0 Å². The smallest absolute Gasteiger partial charge is 0.326 e. The molecular formula is C9H6F6N2O2. The lowest BCUT2D eigenvalue weighted by molar-refractivity contribution is -0.386. The van der Waals surface area contributed by atoms with Gasteiger partial charge >= 0.3 is 12.4 Å².